The monoisotopic (exact) mass is 495 g/mol. The molecule has 3 aromatic rings. The molecule has 0 saturated carbocycles. The van der Waals surface area contributed by atoms with Gasteiger partial charge in [0.15, 0.2) is 0 Å². The second-order valence-electron chi connectivity index (χ2n) is 8.06. The maximum Gasteiger partial charge on any atom is 0.303 e. The fraction of sp³-hybridized carbons (Fsp3) is 0.222. The zero-order valence-electron chi connectivity index (χ0n) is 19.4. The Morgan fingerprint density at radius 2 is 1.80 bits per heavy atom. The highest BCUT2D eigenvalue weighted by molar-refractivity contribution is 7.92. The lowest BCUT2D eigenvalue weighted by Crippen LogP contribution is -2.14. The lowest BCUT2D eigenvalue weighted by Gasteiger charge is -2.12. The summed E-state index contributed by atoms with van der Waals surface area (Å²) in [5.74, 6) is -0.258. The minimum atomic E-state index is -3.72. The van der Waals surface area contributed by atoms with Gasteiger partial charge in [-0.2, -0.15) is 0 Å². The maximum atomic E-state index is 12.7. The van der Waals surface area contributed by atoms with Crippen molar-refractivity contribution in [1.82, 2.24) is 0 Å². The summed E-state index contributed by atoms with van der Waals surface area (Å²) in [6.45, 7) is 2.00. The molecule has 1 unspecified atom stereocenters. The first kappa shape index (κ1) is 26.0. The third-order valence-electron chi connectivity index (χ3n) is 5.28. The average Bonchev–Trinajstić information content (AvgIpc) is 2.82. The van der Waals surface area contributed by atoms with E-state index in [0.717, 1.165) is 11.1 Å². The van der Waals surface area contributed by atoms with E-state index in [2.05, 4.69) is 4.72 Å². The molecule has 0 aliphatic heterocycles. The Balaban J connectivity index is 1.56. The number of aliphatic hydroxyl groups is 1. The van der Waals surface area contributed by atoms with Crippen LogP contribution in [0.15, 0.2) is 83.8 Å². The number of ether oxygens (including phenoxy) is 1. The fourth-order valence-electron chi connectivity index (χ4n) is 3.47. The summed E-state index contributed by atoms with van der Waals surface area (Å²) >= 11 is 0. The van der Waals surface area contributed by atoms with E-state index in [1.54, 1.807) is 67.6 Å². The van der Waals surface area contributed by atoms with E-state index >= 15 is 0 Å². The highest BCUT2D eigenvalue weighted by Crippen LogP contribution is 2.21. The van der Waals surface area contributed by atoms with Gasteiger partial charge in [-0.3, -0.25) is 9.52 Å². The maximum absolute atomic E-state index is 12.7. The summed E-state index contributed by atoms with van der Waals surface area (Å²) < 4.78 is 33.8. The number of aryl methyl sites for hydroxylation is 2. The van der Waals surface area contributed by atoms with Crippen molar-refractivity contribution >= 4 is 27.8 Å². The minimum absolute atomic E-state index is 0.0198. The number of hydrogen-bond acceptors (Lipinski definition) is 5. The van der Waals surface area contributed by atoms with Crippen molar-refractivity contribution in [2.45, 2.75) is 37.2 Å². The molecule has 3 aromatic carbocycles. The Kier molecular flexibility index (Phi) is 9.05. The van der Waals surface area contributed by atoms with E-state index in [1.807, 2.05) is 24.3 Å². The SMILES string of the molecule is Cc1ccccc1S(=O)(=O)Nc1cccc(/C=C/C(O)CCOc2ccccc2CCC(=O)O)c1. The Hall–Kier alpha value is -3.62. The van der Waals surface area contributed by atoms with Gasteiger partial charge < -0.3 is 14.9 Å². The predicted molar refractivity (Wildman–Crippen MR) is 136 cm³/mol. The highest BCUT2D eigenvalue weighted by Gasteiger charge is 2.16. The van der Waals surface area contributed by atoms with Gasteiger partial charge in [0, 0.05) is 18.5 Å². The number of carbonyl (C=O) groups is 1. The molecule has 0 spiro atoms. The Labute approximate surface area is 205 Å². The number of carboxylic acid groups (broad SMARTS) is 1. The molecule has 0 aliphatic rings. The Morgan fingerprint density at radius 3 is 2.57 bits per heavy atom. The molecule has 0 radical (unpaired) electrons. The number of aliphatic hydroxyl groups excluding tert-OH is 1. The molecule has 0 saturated heterocycles. The molecule has 0 fully saturated rings. The van der Waals surface area contributed by atoms with Crippen LogP contribution in [0.3, 0.4) is 0 Å². The fourth-order valence-corrected chi connectivity index (χ4v) is 4.77. The second-order valence-corrected chi connectivity index (χ2v) is 9.71. The minimum Gasteiger partial charge on any atom is -0.493 e. The summed E-state index contributed by atoms with van der Waals surface area (Å²) in [7, 11) is -3.72. The van der Waals surface area contributed by atoms with Gasteiger partial charge in [0.1, 0.15) is 5.75 Å². The summed E-state index contributed by atoms with van der Waals surface area (Å²) in [5.41, 5.74) is 2.62. The molecule has 8 heteroatoms. The number of hydrogen-bond donors (Lipinski definition) is 3. The zero-order chi connectivity index (χ0) is 25.3. The standard InChI is InChI=1S/C27H29NO6S/c1-20-7-2-5-12-26(20)35(32,33)28-23-10-6-8-21(19-23)13-15-24(29)17-18-34-25-11-4-3-9-22(25)14-16-27(30)31/h2-13,15,19,24,28-29H,14,16-18H2,1H3,(H,30,31)/b15-13+. The van der Waals surface area contributed by atoms with Gasteiger partial charge in [-0.05, 0) is 54.3 Å². The van der Waals surface area contributed by atoms with Crippen LogP contribution in [0.2, 0.25) is 0 Å². The molecular weight excluding hydrogens is 466 g/mol. The number of benzene rings is 3. The van der Waals surface area contributed by atoms with E-state index < -0.39 is 22.1 Å². The topological polar surface area (TPSA) is 113 Å². The van der Waals surface area contributed by atoms with Crippen LogP contribution in [-0.4, -0.2) is 37.3 Å². The van der Waals surface area contributed by atoms with Crippen molar-refractivity contribution in [3.05, 3.63) is 95.6 Å². The van der Waals surface area contributed by atoms with Crippen LogP contribution >= 0.6 is 0 Å². The molecule has 0 aromatic heterocycles. The summed E-state index contributed by atoms with van der Waals surface area (Å²) in [4.78, 5) is 11.1. The van der Waals surface area contributed by atoms with Gasteiger partial charge in [0.25, 0.3) is 10.0 Å². The lowest BCUT2D eigenvalue weighted by molar-refractivity contribution is -0.136. The van der Waals surface area contributed by atoms with Gasteiger partial charge in [-0.1, -0.05) is 60.7 Å². The molecule has 3 rings (SSSR count). The predicted octanol–water partition coefficient (Wildman–Crippen LogP) is 4.66. The quantitative estimate of drug-likeness (QED) is 0.337. The number of nitrogens with one attached hydrogen (secondary N) is 1. The van der Waals surface area contributed by atoms with Crippen molar-refractivity contribution in [1.29, 1.82) is 0 Å². The van der Waals surface area contributed by atoms with Crippen molar-refractivity contribution < 1.29 is 28.2 Å². The van der Waals surface area contributed by atoms with Crippen LogP contribution in [-0.2, 0) is 21.2 Å². The van der Waals surface area contributed by atoms with Gasteiger partial charge in [0.05, 0.1) is 17.6 Å². The third kappa shape index (κ3) is 7.98. The van der Waals surface area contributed by atoms with E-state index in [4.69, 9.17) is 9.84 Å². The highest BCUT2D eigenvalue weighted by atomic mass is 32.2. The largest absolute Gasteiger partial charge is 0.493 e. The molecule has 0 bridgehead atoms. The number of rotatable bonds is 12. The van der Waals surface area contributed by atoms with Crippen LogP contribution in [0.25, 0.3) is 6.08 Å². The van der Waals surface area contributed by atoms with Crippen molar-refractivity contribution in [2.75, 3.05) is 11.3 Å². The molecule has 1 atom stereocenters. The van der Waals surface area contributed by atoms with E-state index in [-0.39, 0.29) is 17.9 Å². The van der Waals surface area contributed by atoms with Gasteiger partial charge in [-0.25, -0.2) is 8.42 Å². The molecule has 0 heterocycles. The Bertz CT molecular complexity index is 1290. The van der Waals surface area contributed by atoms with Crippen molar-refractivity contribution in [3.8, 4) is 5.75 Å². The number of sulfonamides is 1. The van der Waals surface area contributed by atoms with E-state index in [0.29, 0.717) is 29.8 Å². The second kappa shape index (κ2) is 12.2. The molecule has 3 N–H and O–H groups in total. The lowest BCUT2D eigenvalue weighted by atomic mass is 10.1. The van der Waals surface area contributed by atoms with Gasteiger partial charge in [-0.15, -0.1) is 0 Å². The molecule has 0 aliphatic carbocycles. The van der Waals surface area contributed by atoms with Crippen LogP contribution < -0.4 is 9.46 Å². The molecule has 35 heavy (non-hydrogen) atoms. The third-order valence-corrected chi connectivity index (χ3v) is 6.83. The molecule has 7 nitrogen and oxygen atoms in total. The summed E-state index contributed by atoms with van der Waals surface area (Å²) in [5, 5.41) is 19.2. The van der Waals surface area contributed by atoms with Crippen LogP contribution in [0.5, 0.6) is 5.75 Å². The van der Waals surface area contributed by atoms with E-state index in [9.17, 15) is 18.3 Å². The van der Waals surface area contributed by atoms with Gasteiger partial charge in [0.2, 0.25) is 0 Å². The number of anilines is 1. The molecule has 184 valence electrons. The first-order valence-corrected chi connectivity index (χ1v) is 12.7. The Morgan fingerprint density at radius 1 is 1.06 bits per heavy atom. The smallest absolute Gasteiger partial charge is 0.303 e. The van der Waals surface area contributed by atoms with Crippen LogP contribution in [0.4, 0.5) is 5.69 Å². The van der Waals surface area contributed by atoms with E-state index in [1.165, 1.54) is 0 Å². The molecule has 0 amide bonds. The number of carboxylic acids is 1. The zero-order valence-corrected chi connectivity index (χ0v) is 20.2. The van der Waals surface area contributed by atoms with Crippen LogP contribution in [0.1, 0.15) is 29.5 Å². The van der Waals surface area contributed by atoms with Crippen molar-refractivity contribution in [3.63, 3.8) is 0 Å². The van der Waals surface area contributed by atoms with Gasteiger partial charge >= 0.3 is 5.97 Å². The molecular formula is C27H29NO6S. The number of aliphatic carboxylic acids is 1. The normalized spacial score (nSPS) is 12.4. The average molecular weight is 496 g/mol. The van der Waals surface area contributed by atoms with Crippen molar-refractivity contribution in [2.24, 2.45) is 0 Å². The summed E-state index contributed by atoms with van der Waals surface area (Å²) in [6, 6.07) is 20.9. The first-order chi connectivity index (χ1) is 16.7. The number of para-hydroxylation sites is 1. The first-order valence-electron chi connectivity index (χ1n) is 11.2. The summed E-state index contributed by atoms with van der Waals surface area (Å²) in [6.07, 6.45) is 3.30. The van der Waals surface area contributed by atoms with Crippen LogP contribution in [0, 0.1) is 6.92 Å².